The normalized spacial score (nSPS) is 12.7. The first kappa shape index (κ1) is 11.2. The summed E-state index contributed by atoms with van der Waals surface area (Å²) in [6.07, 6.45) is 2.94. The second kappa shape index (κ2) is 5.77. The third-order valence-electron chi connectivity index (χ3n) is 1.89. The maximum absolute atomic E-state index is 11.1. The van der Waals surface area contributed by atoms with Crippen LogP contribution in [0.15, 0.2) is 12.8 Å². The van der Waals surface area contributed by atoms with E-state index in [1.807, 2.05) is 14.1 Å². The predicted octanol–water partition coefficient (Wildman–Crippen LogP) is 0.976. The van der Waals surface area contributed by atoms with Crippen molar-refractivity contribution in [2.24, 2.45) is 0 Å². The van der Waals surface area contributed by atoms with Crippen molar-refractivity contribution in [1.82, 2.24) is 10.2 Å². The van der Waals surface area contributed by atoms with Crippen molar-refractivity contribution in [2.75, 3.05) is 14.1 Å². The summed E-state index contributed by atoms with van der Waals surface area (Å²) in [6, 6.07) is 0.324. The molecule has 0 saturated heterocycles. The van der Waals surface area contributed by atoms with Crippen LogP contribution in [0.1, 0.15) is 19.8 Å². The van der Waals surface area contributed by atoms with Gasteiger partial charge in [0.25, 0.3) is 0 Å². The molecule has 0 bridgehead atoms. The Morgan fingerprint density at radius 1 is 1.67 bits per heavy atom. The molecule has 0 radical (unpaired) electrons. The fraction of sp³-hybridized carbons (Fsp3) is 0.667. The van der Waals surface area contributed by atoms with E-state index < -0.39 is 0 Å². The maximum Gasteiger partial charge on any atom is 0.225 e. The zero-order chi connectivity index (χ0) is 9.56. The first-order valence-corrected chi connectivity index (χ1v) is 4.18. The highest BCUT2D eigenvalue weighted by atomic mass is 16.1. The molecule has 70 valence electrons. The summed E-state index contributed by atoms with van der Waals surface area (Å²) in [5, 5.41) is 2.56. The molecule has 0 heterocycles. The molecule has 0 aromatic heterocycles. The van der Waals surface area contributed by atoms with E-state index in [1.165, 1.54) is 6.20 Å². The van der Waals surface area contributed by atoms with E-state index in [4.69, 9.17) is 0 Å². The van der Waals surface area contributed by atoms with Crippen LogP contribution in [-0.4, -0.2) is 30.9 Å². The van der Waals surface area contributed by atoms with Crippen LogP contribution in [0.25, 0.3) is 0 Å². The molecule has 3 nitrogen and oxygen atoms in total. The quantitative estimate of drug-likeness (QED) is 0.667. The summed E-state index contributed by atoms with van der Waals surface area (Å²) < 4.78 is 0. The van der Waals surface area contributed by atoms with Crippen molar-refractivity contribution in [2.45, 2.75) is 25.8 Å². The second-order valence-electron chi connectivity index (χ2n) is 3.00. The van der Waals surface area contributed by atoms with Crippen LogP contribution in [-0.2, 0) is 4.79 Å². The summed E-state index contributed by atoms with van der Waals surface area (Å²) in [5.41, 5.74) is 0. The Morgan fingerprint density at radius 3 is 2.58 bits per heavy atom. The standard InChI is InChI=1S/C9H18N2O/c1-5-8(11(3)4)7-9(12)10-6-2/h6,8H,2,5,7H2,1,3-4H3,(H,10,12). The Kier molecular flexibility index (Phi) is 5.37. The first-order chi connectivity index (χ1) is 5.61. The number of carbonyl (C=O) groups is 1. The molecule has 0 aromatic rings. The second-order valence-corrected chi connectivity index (χ2v) is 3.00. The molecule has 0 saturated carbocycles. The van der Waals surface area contributed by atoms with Gasteiger partial charge < -0.3 is 10.2 Å². The number of hydrogen-bond donors (Lipinski definition) is 1. The van der Waals surface area contributed by atoms with Gasteiger partial charge in [-0.2, -0.15) is 0 Å². The van der Waals surface area contributed by atoms with E-state index in [0.717, 1.165) is 6.42 Å². The Morgan fingerprint density at radius 2 is 2.25 bits per heavy atom. The molecule has 0 aliphatic heterocycles. The molecule has 0 spiro atoms. The lowest BCUT2D eigenvalue weighted by atomic mass is 10.1. The van der Waals surface area contributed by atoms with Gasteiger partial charge in [0.2, 0.25) is 5.91 Å². The number of hydrogen-bond acceptors (Lipinski definition) is 2. The monoisotopic (exact) mass is 170 g/mol. The van der Waals surface area contributed by atoms with Gasteiger partial charge in [0, 0.05) is 12.5 Å². The van der Waals surface area contributed by atoms with Gasteiger partial charge in [-0.25, -0.2) is 0 Å². The van der Waals surface area contributed by atoms with Crippen LogP contribution in [0.5, 0.6) is 0 Å². The van der Waals surface area contributed by atoms with Crippen LogP contribution in [0.4, 0.5) is 0 Å². The van der Waals surface area contributed by atoms with Gasteiger partial charge in [-0.3, -0.25) is 4.79 Å². The molecule has 0 aliphatic rings. The molecular formula is C9H18N2O. The Hall–Kier alpha value is -0.830. The molecule has 12 heavy (non-hydrogen) atoms. The van der Waals surface area contributed by atoms with E-state index in [1.54, 1.807) is 0 Å². The molecule has 0 aliphatic carbocycles. The van der Waals surface area contributed by atoms with Crippen molar-refractivity contribution in [3.63, 3.8) is 0 Å². The highest BCUT2D eigenvalue weighted by Crippen LogP contribution is 2.03. The average Bonchev–Trinajstić information content (AvgIpc) is 2.00. The van der Waals surface area contributed by atoms with Gasteiger partial charge in [-0.05, 0) is 26.7 Å². The highest BCUT2D eigenvalue weighted by molar-refractivity contribution is 5.77. The molecule has 3 heteroatoms. The Balaban J connectivity index is 3.85. The molecular weight excluding hydrogens is 152 g/mol. The maximum atomic E-state index is 11.1. The number of nitrogens with zero attached hydrogens (tertiary/aromatic N) is 1. The van der Waals surface area contributed by atoms with E-state index >= 15 is 0 Å². The van der Waals surface area contributed by atoms with Gasteiger partial charge in [-0.15, -0.1) is 0 Å². The lowest BCUT2D eigenvalue weighted by Crippen LogP contribution is -2.32. The van der Waals surface area contributed by atoms with Crippen molar-refractivity contribution < 1.29 is 4.79 Å². The van der Waals surface area contributed by atoms with Crippen LogP contribution in [0.2, 0.25) is 0 Å². The van der Waals surface area contributed by atoms with Crippen LogP contribution in [0, 0.1) is 0 Å². The van der Waals surface area contributed by atoms with Crippen molar-refractivity contribution in [3.05, 3.63) is 12.8 Å². The highest BCUT2D eigenvalue weighted by Gasteiger charge is 2.12. The number of nitrogens with one attached hydrogen (secondary N) is 1. The van der Waals surface area contributed by atoms with Crippen LogP contribution < -0.4 is 5.32 Å². The van der Waals surface area contributed by atoms with E-state index in [9.17, 15) is 4.79 Å². The minimum absolute atomic E-state index is 0.0329. The minimum atomic E-state index is 0.0329. The zero-order valence-electron chi connectivity index (χ0n) is 8.13. The van der Waals surface area contributed by atoms with Crippen molar-refractivity contribution >= 4 is 5.91 Å². The molecule has 1 unspecified atom stereocenters. The molecule has 1 atom stereocenters. The fourth-order valence-electron chi connectivity index (χ4n) is 1.08. The van der Waals surface area contributed by atoms with Gasteiger partial charge in [-0.1, -0.05) is 13.5 Å². The average molecular weight is 170 g/mol. The third-order valence-corrected chi connectivity index (χ3v) is 1.89. The molecule has 0 rings (SSSR count). The molecule has 0 fully saturated rings. The summed E-state index contributed by atoms with van der Waals surface area (Å²) in [6.45, 7) is 5.51. The van der Waals surface area contributed by atoms with Gasteiger partial charge in [0.05, 0.1) is 0 Å². The summed E-state index contributed by atoms with van der Waals surface area (Å²) in [4.78, 5) is 13.2. The Labute approximate surface area is 74.4 Å². The summed E-state index contributed by atoms with van der Waals surface area (Å²) >= 11 is 0. The predicted molar refractivity (Wildman–Crippen MR) is 50.7 cm³/mol. The first-order valence-electron chi connectivity index (χ1n) is 4.18. The summed E-state index contributed by atoms with van der Waals surface area (Å²) in [5.74, 6) is 0.0329. The lowest BCUT2D eigenvalue weighted by Gasteiger charge is -2.21. The Bertz CT molecular complexity index is 155. The minimum Gasteiger partial charge on any atom is -0.333 e. The van der Waals surface area contributed by atoms with E-state index in [0.29, 0.717) is 12.5 Å². The number of carbonyl (C=O) groups excluding carboxylic acids is 1. The van der Waals surface area contributed by atoms with Gasteiger partial charge in [0.1, 0.15) is 0 Å². The fourth-order valence-corrected chi connectivity index (χ4v) is 1.08. The van der Waals surface area contributed by atoms with Crippen molar-refractivity contribution in [1.29, 1.82) is 0 Å². The van der Waals surface area contributed by atoms with Crippen molar-refractivity contribution in [3.8, 4) is 0 Å². The number of rotatable bonds is 5. The lowest BCUT2D eigenvalue weighted by molar-refractivity contribution is -0.121. The van der Waals surface area contributed by atoms with E-state index in [-0.39, 0.29) is 5.91 Å². The molecule has 1 N–H and O–H groups in total. The van der Waals surface area contributed by atoms with Gasteiger partial charge >= 0.3 is 0 Å². The van der Waals surface area contributed by atoms with Gasteiger partial charge in [0.15, 0.2) is 0 Å². The van der Waals surface area contributed by atoms with E-state index in [2.05, 4.69) is 23.7 Å². The topological polar surface area (TPSA) is 32.3 Å². The smallest absolute Gasteiger partial charge is 0.225 e. The third kappa shape index (κ3) is 4.13. The molecule has 1 amide bonds. The van der Waals surface area contributed by atoms with Crippen LogP contribution >= 0.6 is 0 Å². The van der Waals surface area contributed by atoms with Crippen LogP contribution in [0.3, 0.4) is 0 Å². The molecule has 0 aromatic carbocycles. The summed E-state index contributed by atoms with van der Waals surface area (Å²) in [7, 11) is 3.96. The SMILES string of the molecule is C=CNC(=O)CC(CC)N(C)C. The zero-order valence-corrected chi connectivity index (χ0v) is 8.13. The number of amides is 1. The largest absolute Gasteiger partial charge is 0.333 e.